The van der Waals surface area contributed by atoms with E-state index < -0.39 is 0 Å². The van der Waals surface area contributed by atoms with E-state index in [0.29, 0.717) is 11.5 Å². The zero-order valence-corrected chi connectivity index (χ0v) is 21.7. The minimum Gasteiger partial charge on any atom is -1.00 e. The molecule has 0 amide bonds. The van der Waals surface area contributed by atoms with E-state index in [4.69, 9.17) is 4.74 Å². The Balaban J connectivity index is 0.00000228. The number of ether oxygens (including phenoxy) is 1. The molecule has 0 bridgehead atoms. The van der Waals surface area contributed by atoms with Gasteiger partial charge in [-0.05, 0) is 43.0 Å². The molecule has 1 saturated carbocycles. The minimum absolute atomic E-state index is 0. The van der Waals surface area contributed by atoms with Gasteiger partial charge in [0, 0.05) is 23.3 Å². The maximum absolute atomic E-state index is 6.88. The van der Waals surface area contributed by atoms with E-state index in [0.717, 1.165) is 31.5 Å². The summed E-state index contributed by atoms with van der Waals surface area (Å²) in [5.74, 6) is 2.23. The molecule has 3 aliphatic rings. The Labute approximate surface area is 209 Å². The molecule has 2 aliphatic heterocycles. The molecule has 3 fully saturated rings. The summed E-state index contributed by atoms with van der Waals surface area (Å²) in [4.78, 5) is 0. The molecule has 2 saturated heterocycles. The van der Waals surface area contributed by atoms with E-state index in [9.17, 15) is 0 Å². The highest BCUT2D eigenvalue weighted by Crippen LogP contribution is 2.65. The molecule has 6 rings (SSSR count). The SMILES string of the molecule is C[C@@H]1C[N@@+]2(Cc3cccc4ccccc34)C[C@@](C)(OCc3ccccc3)[C@H]3CC[C@@H]1[C@]32C.[Br-]. The Morgan fingerprint density at radius 2 is 1.64 bits per heavy atom. The second-order valence-corrected chi connectivity index (χ2v) is 11.3. The molecule has 2 nitrogen and oxygen atoms in total. The van der Waals surface area contributed by atoms with Crippen molar-refractivity contribution in [1.82, 2.24) is 0 Å². The number of rotatable bonds is 5. The smallest absolute Gasteiger partial charge is 0.123 e. The predicted molar refractivity (Wildman–Crippen MR) is 131 cm³/mol. The van der Waals surface area contributed by atoms with Crippen LogP contribution in [-0.2, 0) is 17.9 Å². The molecule has 0 aromatic heterocycles. The van der Waals surface area contributed by atoms with Crippen molar-refractivity contribution in [2.24, 2.45) is 17.8 Å². The number of benzene rings is 3. The van der Waals surface area contributed by atoms with Crippen LogP contribution in [0.4, 0.5) is 0 Å². The van der Waals surface area contributed by atoms with E-state index in [1.807, 2.05) is 0 Å². The quantitative estimate of drug-likeness (QED) is 0.481. The molecule has 174 valence electrons. The Kier molecular flexibility index (Phi) is 5.75. The van der Waals surface area contributed by atoms with Crippen LogP contribution < -0.4 is 17.0 Å². The van der Waals surface area contributed by atoms with Gasteiger partial charge < -0.3 is 26.2 Å². The van der Waals surface area contributed by atoms with Gasteiger partial charge in [0.1, 0.15) is 24.2 Å². The fourth-order valence-electron chi connectivity index (χ4n) is 8.49. The Bertz CT molecular complexity index is 1140. The molecular formula is C30H36BrNO. The summed E-state index contributed by atoms with van der Waals surface area (Å²) in [6, 6.07) is 26.5. The van der Waals surface area contributed by atoms with Crippen molar-refractivity contribution >= 4 is 10.8 Å². The number of fused-ring (bicyclic) bond motifs is 1. The molecule has 0 spiro atoms. The van der Waals surface area contributed by atoms with Gasteiger partial charge >= 0.3 is 0 Å². The maximum atomic E-state index is 6.88. The molecule has 1 aliphatic carbocycles. The molecular weight excluding hydrogens is 470 g/mol. The zero-order chi connectivity index (χ0) is 22.0. The van der Waals surface area contributed by atoms with Gasteiger partial charge in [-0.25, -0.2) is 0 Å². The summed E-state index contributed by atoms with van der Waals surface area (Å²) in [6.07, 6.45) is 2.68. The third-order valence-corrected chi connectivity index (χ3v) is 9.69. The molecule has 3 aromatic carbocycles. The lowest BCUT2D eigenvalue weighted by molar-refractivity contribution is -0.967. The minimum atomic E-state index is -0.0654. The first-order chi connectivity index (χ1) is 15.5. The normalized spacial score (nSPS) is 36.6. The number of nitrogens with zero attached hydrogens (tertiary/aromatic N) is 1. The summed E-state index contributed by atoms with van der Waals surface area (Å²) in [6.45, 7) is 11.8. The van der Waals surface area contributed by atoms with Crippen LogP contribution in [0.25, 0.3) is 10.8 Å². The monoisotopic (exact) mass is 505 g/mol. The lowest BCUT2D eigenvalue weighted by Crippen LogP contribution is -3.00. The van der Waals surface area contributed by atoms with E-state index >= 15 is 0 Å². The van der Waals surface area contributed by atoms with Crippen LogP contribution in [0.1, 0.15) is 44.7 Å². The fourth-order valence-corrected chi connectivity index (χ4v) is 8.49. The Hall–Kier alpha value is -1.68. The van der Waals surface area contributed by atoms with Crippen LogP contribution in [0, 0.1) is 17.8 Å². The van der Waals surface area contributed by atoms with Crippen LogP contribution in [0.3, 0.4) is 0 Å². The topological polar surface area (TPSA) is 9.23 Å². The number of hydrogen-bond donors (Lipinski definition) is 0. The van der Waals surface area contributed by atoms with Crippen LogP contribution >= 0.6 is 0 Å². The average molecular weight is 507 g/mol. The highest BCUT2D eigenvalue weighted by Gasteiger charge is 2.76. The van der Waals surface area contributed by atoms with Crippen molar-refractivity contribution in [3.05, 3.63) is 83.9 Å². The summed E-state index contributed by atoms with van der Waals surface area (Å²) in [5, 5.41) is 2.79. The van der Waals surface area contributed by atoms with E-state index in [1.165, 1.54) is 45.8 Å². The standard InChI is InChI=1S/C30H36NO.BrH/c1-22-18-31(19-25-14-9-13-24-12-7-8-15-26(24)25)21-29(2,28-17-16-27(22)30(28,31)3)32-20-23-10-5-4-6-11-23;/h4-15,22,27-28H,16-21H2,1-3H3;1H/q+1;/p-1/t22-,27+,28-,29-,30-,31-;/m1./s1. The number of hydrogen-bond acceptors (Lipinski definition) is 1. The molecule has 3 heteroatoms. The lowest BCUT2D eigenvalue weighted by atomic mass is 9.76. The first kappa shape index (κ1) is 23.1. The summed E-state index contributed by atoms with van der Waals surface area (Å²) < 4.78 is 8.08. The van der Waals surface area contributed by atoms with Crippen molar-refractivity contribution in [3.63, 3.8) is 0 Å². The molecule has 0 unspecified atom stereocenters. The first-order valence-corrected chi connectivity index (χ1v) is 12.5. The summed E-state index contributed by atoms with van der Waals surface area (Å²) in [5.41, 5.74) is 3.04. The highest BCUT2D eigenvalue weighted by atomic mass is 79.9. The average Bonchev–Trinajstić information content (AvgIpc) is 3.33. The molecule has 0 N–H and O–H groups in total. The second-order valence-electron chi connectivity index (χ2n) is 11.3. The van der Waals surface area contributed by atoms with Gasteiger partial charge in [-0.15, -0.1) is 0 Å². The molecule has 0 radical (unpaired) electrons. The van der Waals surface area contributed by atoms with E-state index in [1.54, 1.807) is 0 Å². The Morgan fingerprint density at radius 3 is 2.45 bits per heavy atom. The fraction of sp³-hybridized carbons (Fsp3) is 0.467. The van der Waals surface area contributed by atoms with Gasteiger partial charge in [0.05, 0.1) is 13.2 Å². The van der Waals surface area contributed by atoms with E-state index in [-0.39, 0.29) is 22.6 Å². The Morgan fingerprint density at radius 1 is 0.909 bits per heavy atom. The lowest BCUT2D eigenvalue weighted by Gasteiger charge is -2.44. The van der Waals surface area contributed by atoms with Crippen molar-refractivity contribution in [2.45, 2.75) is 57.9 Å². The maximum Gasteiger partial charge on any atom is 0.123 e. The second kappa shape index (κ2) is 8.22. The van der Waals surface area contributed by atoms with Crippen LogP contribution in [0.15, 0.2) is 72.8 Å². The van der Waals surface area contributed by atoms with Crippen LogP contribution in [0.2, 0.25) is 0 Å². The highest BCUT2D eigenvalue weighted by molar-refractivity contribution is 5.85. The van der Waals surface area contributed by atoms with Gasteiger partial charge in [0.25, 0.3) is 0 Å². The largest absolute Gasteiger partial charge is 1.00 e. The first-order valence-electron chi connectivity index (χ1n) is 12.5. The zero-order valence-electron chi connectivity index (χ0n) is 20.1. The molecule has 33 heavy (non-hydrogen) atoms. The van der Waals surface area contributed by atoms with Gasteiger partial charge in [-0.1, -0.05) is 79.7 Å². The van der Waals surface area contributed by atoms with Gasteiger partial charge in [-0.3, -0.25) is 0 Å². The summed E-state index contributed by atoms with van der Waals surface area (Å²) >= 11 is 0. The van der Waals surface area contributed by atoms with Gasteiger partial charge in [0.2, 0.25) is 0 Å². The third-order valence-electron chi connectivity index (χ3n) is 9.69. The van der Waals surface area contributed by atoms with Crippen LogP contribution in [-0.4, -0.2) is 28.7 Å². The van der Waals surface area contributed by atoms with Crippen molar-refractivity contribution in [1.29, 1.82) is 0 Å². The van der Waals surface area contributed by atoms with Crippen LogP contribution in [0.5, 0.6) is 0 Å². The predicted octanol–water partition coefficient (Wildman–Crippen LogP) is 3.58. The van der Waals surface area contributed by atoms with Gasteiger partial charge in [0.15, 0.2) is 0 Å². The number of quaternary nitrogens is 1. The number of halogens is 1. The van der Waals surface area contributed by atoms with Gasteiger partial charge in [-0.2, -0.15) is 0 Å². The molecule has 6 atom stereocenters. The molecule has 3 aromatic rings. The van der Waals surface area contributed by atoms with Crippen molar-refractivity contribution in [3.8, 4) is 0 Å². The molecule has 2 heterocycles. The van der Waals surface area contributed by atoms with Crippen molar-refractivity contribution in [2.75, 3.05) is 13.1 Å². The summed E-state index contributed by atoms with van der Waals surface area (Å²) in [7, 11) is 0. The van der Waals surface area contributed by atoms with Crippen molar-refractivity contribution < 1.29 is 26.2 Å². The van der Waals surface area contributed by atoms with E-state index in [2.05, 4.69) is 93.6 Å². The third kappa shape index (κ3) is 3.34.